The highest BCUT2D eigenvalue weighted by Gasteiger charge is 2.15. The summed E-state index contributed by atoms with van der Waals surface area (Å²) in [6.07, 6.45) is 0. The molecule has 1 heterocycles. The van der Waals surface area contributed by atoms with Gasteiger partial charge in [-0.05, 0) is 43.8 Å². The molecule has 3 rings (SSSR count). The van der Waals surface area contributed by atoms with E-state index in [0.717, 1.165) is 11.3 Å². The van der Waals surface area contributed by atoms with E-state index >= 15 is 0 Å². The molecule has 0 aliphatic rings. The summed E-state index contributed by atoms with van der Waals surface area (Å²) in [6, 6.07) is 17.2. The number of nitrogens with one attached hydrogen (secondary N) is 1. The van der Waals surface area contributed by atoms with E-state index in [1.165, 1.54) is 0 Å². The lowest BCUT2D eigenvalue weighted by Gasteiger charge is -2.24. The molecule has 1 amide bonds. The molecule has 6 nitrogen and oxygen atoms in total. The average Bonchev–Trinajstić information content (AvgIpc) is 3.06. The van der Waals surface area contributed by atoms with Crippen molar-refractivity contribution in [1.82, 2.24) is 15.1 Å². The van der Waals surface area contributed by atoms with Crippen LogP contribution in [0.1, 0.15) is 40.7 Å². The van der Waals surface area contributed by atoms with E-state index in [2.05, 4.69) is 27.3 Å². The monoisotopic (exact) mass is 350 g/mol. The van der Waals surface area contributed by atoms with Gasteiger partial charge in [-0.2, -0.15) is 0 Å². The van der Waals surface area contributed by atoms with Crippen LogP contribution in [0.15, 0.2) is 59.0 Å². The van der Waals surface area contributed by atoms with Crippen LogP contribution in [-0.4, -0.2) is 28.1 Å². The zero-order valence-electron chi connectivity index (χ0n) is 15.1. The van der Waals surface area contributed by atoms with E-state index in [1.54, 1.807) is 19.1 Å². The van der Waals surface area contributed by atoms with Crippen LogP contribution in [0.3, 0.4) is 0 Å². The number of aryl methyl sites for hydroxylation is 1. The summed E-state index contributed by atoms with van der Waals surface area (Å²) < 4.78 is 5.44. The Morgan fingerprint density at radius 1 is 1.15 bits per heavy atom. The highest BCUT2D eigenvalue weighted by Crippen LogP contribution is 2.23. The van der Waals surface area contributed by atoms with Gasteiger partial charge in [0, 0.05) is 24.2 Å². The zero-order valence-corrected chi connectivity index (χ0v) is 15.1. The molecule has 134 valence electrons. The summed E-state index contributed by atoms with van der Waals surface area (Å²) in [7, 11) is 2.00. The van der Waals surface area contributed by atoms with Gasteiger partial charge in [0.15, 0.2) is 0 Å². The summed E-state index contributed by atoms with van der Waals surface area (Å²) >= 11 is 0. The molecule has 0 radical (unpaired) electrons. The number of carbonyl (C=O) groups excluding carboxylic acids is 1. The largest absolute Gasteiger partial charge is 0.424 e. The van der Waals surface area contributed by atoms with Gasteiger partial charge >= 0.3 is 0 Å². The molecule has 0 aliphatic carbocycles. The van der Waals surface area contributed by atoms with Crippen molar-refractivity contribution >= 4 is 11.6 Å². The Morgan fingerprint density at radius 2 is 1.92 bits per heavy atom. The van der Waals surface area contributed by atoms with E-state index in [9.17, 15) is 4.79 Å². The van der Waals surface area contributed by atoms with Gasteiger partial charge in [-0.15, -0.1) is 10.2 Å². The van der Waals surface area contributed by atoms with Crippen molar-refractivity contribution in [3.8, 4) is 0 Å². The first-order valence-corrected chi connectivity index (χ1v) is 8.48. The van der Waals surface area contributed by atoms with Gasteiger partial charge in [0.1, 0.15) is 0 Å². The van der Waals surface area contributed by atoms with Gasteiger partial charge < -0.3 is 9.73 Å². The Labute approximate surface area is 152 Å². The van der Waals surface area contributed by atoms with Crippen molar-refractivity contribution < 1.29 is 9.21 Å². The van der Waals surface area contributed by atoms with Gasteiger partial charge in [-0.3, -0.25) is 9.69 Å². The number of benzene rings is 2. The number of hydrogen-bond donors (Lipinski definition) is 1. The maximum Gasteiger partial charge on any atom is 0.255 e. The lowest BCUT2D eigenvalue weighted by molar-refractivity contribution is 0.102. The maximum absolute atomic E-state index is 12.3. The molecule has 1 aromatic heterocycles. The third kappa shape index (κ3) is 4.34. The first-order chi connectivity index (χ1) is 12.5. The predicted octanol–water partition coefficient (Wildman–Crippen LogP) is 3.82. The number of anilines is 1. The third-order valence-corrected chi connectivity index (χ3v) is 4.28. The van der Waals surface area contributed by atoms with Crippen molar-refractivity contribution in [3.05, 3.63) is 77.5 Å². The molecule has 2 aromatic carbocycles. The second-order valence-corrected chi connectivity index (χ2v) is 6.25. The van der Waals surface area contributed by atoms with Crippen molar-refractivity contribution in [2.75, 3.05) is 12.4 Å². The van der Waals surface area contributed by atoms with E-state index in [4.69, 9.17) is 4.42 Å². The summed E-state index contributed by atoms with van der Waals surface area (Å²) in [5.74, 6) is 1.03. The Morgan fingerprint density at radius 3 is 2.62 bits per heavy atom. The molecule has 1 unspecified atom stereocenters. The summed E-state index contributed by atoms with van der Waals surface area (Å²) in [6.45, 7) is 4.43. The number of rotatable bonds is 6. The minimum atomic E-state index is -0.120. The highest BCUT2D eigenvalue weighted by molar-refractivity contribution is 6.04. The van der Waals surface area contributed by atoms with E-state index in [-0.39, 0.29) is 11.9 Å². The first-order valence-electron chi connectivity index (χ1n) is 8.48. The Hall–Kier alpha value is -2.99. The average molecular weight is 350 g/mol. The molecule has 0 fully saturated rings. The molecule has 1 atom stereocenters. The van der Waals surface area contributed by atoms with Gasteiger partial charge in [0.2, 0.25) is 11.8 Å². The van der Waals surface area contributed by atoms with Crippen molar-refractivity contribution in [1.29, 1.82) is 0 Å². The maximum atomic E-state index is 12.3. The minimum Gasteiger partial charge on any atom is -0.424 e. The SMILES string of the molecule is Cc1nnc(CN(C)C(C)c2cccc(NC(=O)c3ccccc3)c2)o1. The number of aromatic nitrogens is 2. The van der Waals surface area contributed by atoms with Crippen LogP contribution in [0, 0.1) is 6.92 Å². The summed E-state index contributed by atoms with van der Waals surface area (Å²) in [5, 5.41) is 10.8. The number of nitrogens with zero attached hydrogens (tertiary/aromatic N) is 3. The quantitative estimate of drug-likeness (QED) is 0.732. The number of carbonyl (C=O) groups is 1. The fourth-order valence-electron chi connectivity index (χ4n) is 2.68. The molecule has 3 aromatic rings. The van der Waals surface area contributed by atoms with Gasteiger partial charge in [0.25, 0.3) is 5.91 Å². The molecule has 0 bridgehead atoms. The normalized spacial score (nSPS) is 12.2. The molecular weight excluding hydrogens is 328 g/mol. The Balaban J connectivity index is 1.68. The van der Waals surface area contributed by atoms with Crippen LogP contribution in [0.2, 0.25) is 0 Å². The summed E-state index contributed by atoms with van der Waals surface area (Å²) in [5.41, 5.74) is 2.50. The molecule has 0 spiro atoms. The molecule has 0 saturated carbocycles. The first kappa shape index (κ1) is 17.8. The van der Waals surface area contributed by atoms with E-state index in [1.807, 2.05) is 49.5 Å². The Kier molecular flexibility index (Phi) is 5.43. The standard InChI is InChI=1S/C20H22N4O2/c1-14(24(3)13-19-23-22-15(2)26-19)17-10-7-11-18(12-17)21-20(25)16-8-5-4-6-9-16/h4-12,14H,13H2,1-3H3,(H,21,25). The predicted molar refractivity (Wildman–Crippen MR) is 99.8 cm³/mol. The molecule has 0 saturated heterocycles. The Bertz CT molecular complexity index is 876. The second kappa shape index (κ2) is 7.93. The number of amides is 1. The van der Waals surface area contributed by atoms with Crippen molar-refractivity contribution in [3.63, 3.8) is 0 Å². The summed E-state index contributed by atoms with van der Waals surface area (Å²) in [4.78, 5) is 14.4. The van der Waals surface area contributed by atoms with Crippen LogP contribution < -0.4 is 5.32 Å². The molecular formula is C20H22N4O2. The molecule has 0 aliphatic heterocycles. The van der Waals surface area contributed by atoms with E-state index < -0.39 is 0 Å². The highest BCUT2D eigenvalue weighted by atomic mass is 16.4. The fraction of sp³-hybridized carbons (Fsp3) is 0.250. The lowest BCUT2D eigenvalue weighted by atomic mass is 10.1. The smallest absolute Gasteiger partial charge is 0.255 e. The van der Waals surface area contributed by atoms with Crippen LogP contribution in [0.25, 0.3) is 0 Å². The van der Waals surface area contributed by atoms with Gasteiger partial charge in [-0.25, -0.2) is 0 Å². The molecule has 26 heavy (non-hydrogen) atoms. The van der Waals surface area contributed by atoms with Crippen LogP contribution in [-0.2, 0) is 6.54 Å². The second-order valence-electron chi connectivity index (χ2n) is 6.25. The van der Waals surface area contributed by atoms with Crippen LogP contribution in [0.4, 0.5) is 5.69 Å². The fourth-order valence-corrected chi connectivity index (χ4v) is 2.68. The lowest BCUT2D eigenvalue weighted by Crippen LogP contribution is -2.22. The molecule has 1 N–H and O–H groups in total. The number of hydrogen-bond acceptors (Lipinski definition) is 5. The van der Waals surface area contributed by atoms with Crippen molar-refractivity contribution in [2.24, 2.45) is 0 Å². The zero-order chi connectivity index (χ0) is 18.5. The third-order valence-electron chi connectivity index (χ3n) is 4.28. The van der Waals surface area contributed by atoms with E-state index in [0.29, 0.717) is 23.9 Å². The van der Waals surface area contributed by atoms with Crippen molar-refractivity contribution in [2.45, 2.75) is 26.4 Å². The van der Waals surface area contributed by atoms with Gasteiger partial charge in [-0.1, -0.05) is 30.3 Å². The molecule has 6 heteroatoms. The minimum absolute atomic E-state index is 0.120. The topological polar surface area (TPSA) is 71.3 Å². The van der Waals surface area contributed by atoms with Crippen LogP contribution in [0.5, 0.6) is 0 Å². The van der Waals surface area contributed by atoms with Gasteiger partial charge in [0.05, 0.1) is 6.54 Å². The van der Waals surface area contributed by atoms with Crippen LogP contribution >= 0.6 is 0 Å².